The molecule has 6 nitrogen and oxygen atoms in total. The van der Waals surface area contributed by atoms with Gasteiger partial charge in [0.25, 0.3) is 0 Å². The number of nitrogens with one attached hydrogen (secondary N) is 1. The van der Waals surface area contributed by atoms with Gasteiger partial charge in [-0.3, -0.25) is 0 Å². The van der Waals surface area contributed by atoms with E-state index >= 15 is 0 Å². The molecule has 150 valence electrons. The molecule has 1 aromatic heterocycles. The van der Waals surface area contributed by atoms with E-state index in [-0.39, 0.29) is 0 Å². The molecule has 0 spiro atoms. The van der Waals surface area contributed by atoms with E-state index < -0.39 is 0 Å². The van der Waals surface area contributed by atoms with Gasteiger partial charge in [-0.15, -0.1) is 0 Å². The highest BCUT2D eigenvalue weighted by atomic mass is 35.5. The summed E-state index contributed by atoms with van der Waals surface area (Å²) in [6.07, 6.45) is 1.66. The summed E-state index contributed by atoms with van der Waals surface area (Å²) >= 11 is 12.0. The second-order valence-corrected chi connectivity index (χ2v) is 7.11. The van der Waals surface area contributed by atoms with Gasteiger partial charge < -0.3 is 9.47 Å². The number of aryl methyl sites for hydroxylation is 2. The molecule has 1 heterocycles. The molecule has 0 fully saturated rings. The van der Waals surface area contributed by atoms with E-state index in [2.05, 4.69) is 20.5 Å². The van der Waals surface area contributed by atoms with Gasteiger partial charge >= 0.3 is 0 Å². The van der Waals surface area contributed by atoms with E-state index in [4.69, 9.17) is 32.7 Å². The second-order valence-electron chi connectivity index (χ2n) is 6.29. The molecule has 0 radical (unpaired) electrons. The summed E-state index contributed by atoms with van der Waals surface area (Å²) in [6.45, 7) is 4.16. The van der Waals surface area contributed by atoms with Crippen molar-refractivity contribution in [2.24, 2.45) is 5.10 Å². The average Bonchev–Trinajstić information content (AvgIpc) is 2.68. The smallest absolute Gasteiger partial charge is 0.243 e. The summed E-state index contributed by atoms with van der Waals surface area (Å²) in [4.78, 5) is 8.56. The Bertz CT molecular complexity index is 1020. The molecule has 0 aliphatic carbocycles. The Morgan fingerprint density at radius 3 is 2.41 bits per heavy atom. The minimum absolute atomic E-state index is 0.340. The summed E-state index contributed by atoms with van der Waals surface area (Å²) < 4.78 is 11.3. The molecule has 3 aromatic rings. The van der Waals surface area contributed by atoms with Gasteiger partial charge in [0.2, 0.25) is 5.95 Å². The van der Waals surface area contributed by atoms with Crippen molar-refractivity contribution < 1.29 is 9.47 Å². The Balaban J connectivity index is 1.66. The normalized spacial score (nSPS) is 10.9. The van der Waals surface area contributed by atoms with Gasteiger partial charge in [0.15, 0.2) is 11.5 Å². The highest BCUT2D eigenvalue weighted by Gasteiger charge is 2.07. The quantitative estimate of drug-likeness (QED) is 0.399. The van der Waals surface area contributed by atoms with Crippen molar-refractivity contribution in [1.29, 1.82) is 0 Å². The minimum Gasteiger partial charge on any atom is -0.493 e. The number of halogens is 2. The van der Waals surface area contributed by atoms with Crippen molar-refractivity contribution in [3.05, 3.63) is 75.0 Å². The topological polar surface area (TPSA) is 68.6 Å². The van der Waals surface area contributed by atoms with Gasteiger partial charge in [0.05, 0.1) is 23.4 Å². The molecule has 0 bridgehead atoms. The van der Waals surface area contributed by atoms with Crippen LogP contribution in [0.5, 0.6) is 11.5 Å². The number of hydrogen-bond donors (Lipinski definition) is 1. The zero-order valence-corrected chi connectivity index (χ0v) is 17.8. The molecule has 0 saturated heterocycles. The lowest BCUT2D eigenvalue weighted by atomic mass is 10.2. The molecule has 0 aliphatic rings. The monoisotopic (exact) mass is 430 g/mol. The van der Waals surface area contributed by atoms with Crippen molar-refractivity contribution >= 4 is 35.4 Å². The Kier molecular flexibility index (Phi) is 6.90. The molecule has 3 rings (SSSR count). The van der Waals surface area contributed by atoms with Gasteiger partial charge in [-0.1, -0.05) is 29.3 Å². The summed E-state index contributed by atoms with van der Waals surface area (Å²) in [7, 11) is 1.59. The molecule has 8 heteroatoms. The van der Waals surface area contributed by atoms with Crippen LogP contribution in [-0.2, 0) is 6.61 Å². The van der Waals surface area contributed by atoms with E-state index in [1.165, 1.54) is 0 Å². The number of benzene rings is 2. The van der Waals surface area contributed by atoms with Crippen molar-refractivity contribution in [1.82, 2.24) is 9.97 Å². The number of rotatable bonds is 7. The van der Waals surface area contributed by atoms with Gasteiger partial charge in [0.1, 0.15) is 6.61 Å². The van der Waals surface area contributed by atoms with Crippen LogP contribution in [0.2, 0.25) is 10.0 Å². The maximum Gasteiger partial charge on any atom is 0.243 e. The number of nitrogens with zero attached hydrogens (tertiary/aromatic N) is 3. The molecule has 0 unspecified atom stereocenters. The zero-order valence-electron chi connectivity index (χ0n) is 16.2. The van der Waals surface area contributed by atoms with Crippen LogP contribution < -0.4 is 14.9 Å². The number of anilines is 1. The number of hydrazone groups is 1. The number of ether oxygens (including phenoxy) is 2. The van der Waals surface area contributed by atoms with Crippen LogP contribution in [0.25, 0.3) is 0 Å². The first-order valence-electron chi connectivity index (χ1n) is 8.81. The van der Waals surface area contributed by atoms with Crippen molar-refractivity contribution in [3.8, 4) is 11.5 Å². The predicted molar refractivity (Wildman–Crippen MR) is 117 cm³/mol. The van der Waals surface area contributed by atoms with Crippen molar-refractivity contribution in [2.45, 2.75) is 20.5 Å². The first-order valence-corrected chi connectivity index (χ1v) is 9.56. The van der Waals surface area contributed by atoms with Crippen LogP contribution in [0.4, 0.5) is 5.95 Å². The molecule has 29 heavy (non-hydrogen) atoms. The standard InChI is InChI=1S/C21H20Cl2N4O2/c1-13-8-14(2)26-21(25-13)27-24-11-15-5-7-19(20(10-15)28-3)29-12-16-4-6-17(22)18(23)9-16/h4-11H,12H2,1-3H3,(H,25,26,27)/b24-11+. The van der Waals surface area contributed by atoms with Crippen LogP contribution in [0.15, 0.2) is 47.6 Å². The largest absolute Gasteiger partial charge is 0.493 e. The third-order valence-corrected chi connectivity index (χ3v) is 4.67. The van der Waals surface area contributed by atoms with Gasteiger partial charge in [-0.2, -0.15) is 5.10 Å². The van der Waals surface area contributed by atoms with E-state index in [0.717, 1.165) is 22.5 Å². The summed E-state index contributed by atoms with van der Waals surface area (Å²) in [5.74, 6) is 1.66. The Morgan fingerprint density at radius 2 is 1.72 bits per heavy atom. The molecule has 2 aromatic carbocycles. The van der Waals surface area contributed by atoms with E-state index in [1.807, 2.05) is 44.2 Å². The van der Waals surface area contributed by atoms with Crippen LogP contribution in [0.1, 0.15) is 22.5 Å². The second kappa shape index (κ2) is 9.58. The van der Waals surface area contributed by atoms with Crippen LogP contribution >= 0.6 is 23.2 Å². The fourth-order valence-electron chi connectivity index (χ4n) is 2.61. The molecule has 0 amide bonds. The lowest BCUT2D eigenvalue weighted by Crippen LogP contribution is -2.00. The highest BCUT2D eigenvalue weighted by molar-refractivity contribution is 6.42. The highest BCUT2D eigenvalue weighted by Crippen LogP contribution is 2.29. The molecule has 0 atom stereocenters. The van der Waals surface area contributed by atoms with Gasteiger partial charge in [-0.25, -0.2) is 15.4 Å². The molecule has 0 aliphatic heterocycles. The van der Waals surface area contributed by atoms with Crippen LogP contribution in [-0.4, -0.2) is 23.3 Å². The summed E-state index contributed by atoms with van der Waals surface area (Å²) in [5, 5.41) is 5.19. The Morgan fingerprint density at radius 1 is 0.966 bits per heavy atom. The van der Waals surface area contributed by atoms with Crippen molar-refractivity contribution in [2.75, 3.05) is 12.5 Å². The maximum atomic E-state index is 6.04. The van der Waals surface area contributed by atoms with Crippen molar-refractivity contribution in [3.63, 3.8) is 0 Å². The summed E-state index contributed by atoms with van der Waals surface area (Å²) in [6, 6.07) is 12.8. The molecular weight excluding hydrogens is 411 g/mol. The lowest BCUT2D eigenvalue weighted by Gasteiger charge is -2.11. The minimum atomic E-state index is 0.340. The Hall–Kier alpha value is -2.83. The van der Waals surface area contributed by atoms with Crippen LogP contribution in [0.3, 0.4) is 0 Å². The third kappa shape index (κ3) is 5.82. The fourth-order valence-corrected chi connectivity index (χ4v) is 2.94. The number of methoxy groups -OCH3 is 1. The van der Waals surface area contributed by atoms with E-state index in [1.54, 1.807) is 25.5 Å². The molecule has 0 saturated carbocycles. The SMILES string of the molecule is COc1cc(/C=N/Nc2nc(C)cc(C)n2)ccc1OCc1ccc(Cl)c(Cl)c1. The first-order chi connectivity index (χ1) is 13.9. The zero-order chi connectivity index (χ0) is 20.8. The van der Waals surface area contributed by atoms with Gasteiger partial charge in [0, 0.05) is 11.4 Å². The maximum absolute atomic E-state index is 6.04. The molecule has 1 N–H and O–H groups in total. The van der Waals surface area contributed by atoms with E-state index in [0.29, 0.717) is 34.1 Å². The average molecular weight is 431 g/mol. The predicted octanol–water partition coefficient (Wildman–Crippen LogP) is 5.43. The third-order valence-electron chi connectivity index (χ3n) is 3.93. The number of aromatic nitrogens is 2. The first kappa shape index (κ1) is 20.9. The van der Waals surface area contributed by atoms with E-state index in [9.17, 15) is 0 Å². The van der Waals surface area contributed by atoms with Gasteiger partial charge in [-0.05, 0) is 61.4 Å². The van der Waals surface area contributed by atoms with Crippen LogP contribution in [0, 0.1) is 13.8 Å². The number of hydrogen-bond acceptors (Lipinski definition) is 6. The lowest BCUT2D eigenvalue weighted by molar-refractivity contribution is 0.284. The summed E-state index contributed by atoms with van der Waals surface area (Å²) in [5.41, 5.74) is 6.33. The Labute approximate surface area is 179 Å². The molecular formula is C21H20Cl2N4O2. The fraction of sp³-hybridized carbons (Fsp3) is 0.190.